The quantitative estimate of drug-likeness (QED) is 0.483. The highest BCUT2D eigenvalue weighted by atomic mass is 16.6. The van der Waals surface area contributed by atoms with Gasteiger partial charge < -0.3 is 19.9 Å². The van der Waals surface area contributed by atoms with Crippen LogP contribution >= 0.6 is 0 Å². The fraction of sp³-hybridized carbons (Fsp3) is 0.438. The number of amides is 1. The van der Waals surface area contributed by atoms with Crippen molar-refractivity contribution in [2.75, 3.05) is 30.4 Å². The number of nitrogens with two attached hydrogens (primary N) is 1. The SMILES string of the molecule is CCOC(=O)CN1C(=O)C(C)(C(=O)OCC)Oc2ccc(N)cc21. The standard InChI is InChI=1S/C16H20N2O6/c1-4-22-13(19)9-18-11-8-10(17)6-7-12(11)24-16(3,14(18)20)15(21)23-5-2/h6-8H,4-5,9,17H2,1-3H3. The third kappa shape index (κ3) is 3.12. The van der Waals surface area contributed by atoms with Crippen LogP contribution in [0.5, 0.6) is 5.75 Å². The molecule has 24 heavy (non-hydrogen) atoms. The summed E-state index contributed by atoms with van der Waals surface area (Å²) in [5.41, 5.74) is 4.56. The van der Waals surface area contributed by atoms with E-state index < -0.39 is 23.4 Å². The highest BCUT2D eigenvalue weighted by Gasteiger charge is 2.52. The van der Waals surface area contributed by atoms with Crippen molar-refractivity contribution in [3.8, 4) is 5.75 Å². The van der Waals surface area contributed by atoms with Crippen LogP contribution in [0.2, 0.25) is 0 Å². The van der Waals surface area contributed by atoms with Crippen LogP contribution in [0.25, 0.3) is 0 Å². The van der Waals surface area contributed by atoms with Crippen LogP contribution in [0.1, 0.15) is 20.8 Å². The predicted molar refractivity (Wildman–Crippen MR) is 85.5 cm³/mol. The van der Waals surface area contributed by atoms with Gasteiger partial charge in [0.2, 0.25) is 0 Å². The summed E-state index contributed by atoms with van der Waals surface area (Å²) < 4.78 is 15.4. The summed E-state index contributed by atoms with van der Waals surface area (Å²) in [4.78, 5) is 38.0. The predicted octanol–water partition coefficient (Wildman–Crippen LogP) is 0.879. The van der Waals surface area contributed by atoms with Crippen molar-refractivity contribution in [2.45, 2.75) is 26.4 Å². The van der Waals surface area contributed by atoms with E-state index in [1.165, 1.54) is 19.1 Å². The molecule has 8 nitrogen and oxygen atoms in total. The summed E-state index contributed by atoms with van der Waals surface area (Å²) >= 11 is 0. The Bertz CT molecular complexity index is 675. The number of rotatable bonds is 5. The van der Waals surface area contributed by atoms with Crippen molar-refractivity contribution in [1.82, 2.24) is 0 Å². The maximum atomic E-state index is 12.8. The van der Waals surface area contributed by atoms with Gasteiger partial charge in [0.1, 0.15) is 12.3 Å². The van der Waals surface area contributed by atoms with Crippen molar-refractivity contribution in [3.05, 3.63) is 18.2 Å². The van der Waals surface area contributed by atoms with Crippen LogP contribution < -0.4 is 15.4 Å². The number of ether oxygens (including phenoxy) is 3. The zero-order valence-electron chi connectivity index (χ0n) is 13.8. The molecular formula is C16H20N2O6. The first-order valence-corrected chi connectivity index (χ1v) is 7.56. The van der Waals surface area contributed by atoms with Crippen LogP contribution in [-0.2, 0) is 23.9 Å². The van der Waals surface area contributed by atoms with Gasteiger partial charge in [0.05, 0.1) is 18.9 Å². The molecule has 1 aliphatic heterocycles. The van der Waals surface area contributed by atoms with E-state index in [2.05, 4.69) is 0 Å². The van der Waals surface area contributed by atoms with Gasteiger partial charge >= 0.3 is 11.9 Å². The Morgan fingerprint density at radius 2 is 1.92 bits per heavy atom. The summed E-state index contributed by atoms with van der Waals surface area (Å²) in [6.45, 7) is 4.51. The Morgan fingerprint density at radius 1 is 1.25 bits per heavy atom. The van der Waals surface area contributed by atoms with Crippen molar-refractivity contribution in [3.63, 3.8) is 0 Å². The molecule has 0 aromatic heterocycles. The summed E-state index contributed by atoms with van der Waals surface area (Å²) in [7, 11) is 0. The fourth-order valence-electron chi connectivity index (χ4n) is 2.35. The van der Waals surface area contributed by atoms with Gasteiger partial charge in [0.15, 0.2) is 0 Å². The van der Waals surface area contributed by atoms with Crippen molar-refractivity contribution in [1.29, 1.82) is 0 Å². The lowest BCUT2D eigenvalue weighted by molar-refractivity contribution is -0.166. The summed E-state index contributed by atoms with van der Waals surface area (Å²) in [6, 6.07) is 4.60. The Kier molecular flexibility index (Phi) is 4.96. The molecule has 0 saturated carbocycles. The molecule has 8 heteroatoms. The molecule has 0 aliphatic carbocycles. The molecule has 0 saturated heterocycles. The molecular weight excluding hydrogens is 316 g/mol. The lowest BCUT2D eigenvalue weighted by atomic mass is 10.0. The van der Waals surface area contributed by atoms with E-state index in [4.69, 9.17) is 19.9 Å². The fourth-order valence-corrected chi connectivity index (χ4v) is 2.35. The van der Waals surface area contributed by atoms with Crippen LogP contribution in [0.15, 0.2) is 18.2 Å². The second-order valence-corrected chi connectivity index (χ2v) is 5.28. The summed E-state index contributed by atoms with van der Waals surface area (Å²) in [6.07, 6.45) is 0. The van der Waals surface area contributed by atoms with Crippen LogP contribution in [0, 0.1) is 0 Å². The normalized spacial score (nSPS) is 19.3. The Hall–Kier alpha value is -2.77. The molecule has 1 unspecified atom stereocenters. The Balaban J connectivity index is 2.46. The molecule has 2 N–H and O–H groups in total. The number of carbonyl (C=O) groups excluding carboxylic acids is 3. The highest BCUT2D eigenvalue weighted by molar-refractivity contribution is 6.16. The molecule has 1 aliphatic rings. The number of nitrogen functional groups attached to an aromatic ring is 1. The third-order valence-corrected chi connectivity index (χ3v) is 3.50. The minimum atomic E-state index is -1.88. The second kappa shape index (κ2) is 6.77. The number of anilines is 2. The van der Waals surface area contributed by atoms with E-state index in [0.717, 1.165) is 4.90 Å². The number of fused-ring (bicyclic) bond motifs is 1. The maximum absolute atomic E-state index is 12.8. The average Bonchev–Trinajstić information content (AvgIpc) is 2.53. The van der Waals surface area contributed by atoms with Gasteiger partial charge in [-0.25, -0.2) is 4.79 Å². The molecule has 1 amide bonds. The van der Waals surface area contributed by atoms with Crippen molar-refractivity contribution >= 4 is 29.2 Å². The number of nitrogens with zero attached hydrogens (tertiary/aromatic N) is 1. The minimum absolute atomic E-state index is 0.0948. The smallest absolute Gasteiger partial charge is 0.360 e. The molecule has 0 fully saturated rings. The molecule has 1 atom stereocenters. The largest absolute Gasteiger partial charge is 0.465 e. The molecule has 1 heterocycles. The zero-order chi connectivity index (χ0) is 17.9. The van der Waals surface area contributed by atoms with Crippen LogP contribution in [-0.4, -0.2) is 43.2 Å². The number of benzene rings is 1. The van der Waals surface area contributed by atoms with Gasteiger partial charge in [0, 0.05) is 5.69 Å². The summed E-state index contributed by atoms with van der Waals surface area (Å²) in [5.74, 6) is -1.89. The molecule has 0 bridgehead atoms. The first kappa shape index (κ1) is 17.6. The first-order valence-electron chi connectivity index (χ1n) is 7.56. The van der Waals surface area contributed by atoms with Gasteiger partial charge in [-0.15, -0.1) is 0 Å². The number of hydrogen-bond donors (Lipinski definition) is 1. The molecule has 1 aromatic carbocycles. The van der Waals surface area contributed by atoms with Crippen LogP contribution in [0.3, 0.4) is 0 Å². The molecule has 2 rings (SSSR count). The van der Waals surface area contributed by atoms with Crippen molar-refractivity contribution in [2.24, 2.45) is 0 Å². The van der Waals surface area contributed by atoms with Gasteiger partial charge in [-0.05, 0) is 39.0 Å². The number of carbonyl (C=O) groups is 3. The van der Waals surface area contributed by atoms with E-state index in [9.17, 15) is 14.4 Å². The van der Waals surface area contributed by atoms with E-state index >= 15 is 0 Å². The lowest BCUT2D eigenvalue weighted by Gasteiger charge is -2.38. The third-order valence-electron chi connectivity index (χ3n) is 3.50. The number of esters is 2. The van der Waals surface area contributed by atoms with E-state index in [0.29, 0.717) is 11.4 Å². The molecule has 130 valence electrons. The van der Waals surface area contributed by atoms with Gasteiger partial charge in [-0.1, -0.05) is 0 Å². The monoisotopic (exact) mass is 336 g/mol. The Labute approximate surface area is 139 Å². The maximum Gasteiger partial charge on any atom is 0.360 e. The molecule has 1 aromatic rings. The minimum Gasteiger partial charge on any atom is -0.465 e. The molecule has 0 spiro atoms. The van der Waals surface area contributed by atoms with E-state index in [-0.39, 0.29) is 25.5 Å². The topological polar surface area (TPSA) is 108 Å². The first-order chi connectivity index (χ1) is 11.3. The average molecular weight is 336 g/mol. The van der Waals surface area contributed by atoms with E-state index in [1.807, 2.05) is 0 Å². The second-order valence-electron chi connectivity index (χ2n) is 5.28. The molecule has 0 radical (unpaired) electrons. The van der Waals surface area contributed by atoms with Gasteiger partial charge in [0.25, 0.3) is 11.5 Å². The van der Waals surface area contributed by atoms with Crippen LogP contribution in [0.4, 0.5) is 11.4 Å². The van der Waals surface area contributed by atoms with Gasteiger partial charge in [-0.2, -0.15) is 0 Å². The van der Waals surface area contributed by atoms with E-state index in [1.54, 1.807) is 19.9 Å². The lowest BCUT2D eigenvalue weighted by Crippen LogP contribution is -2.60. The highest BCUT2D eigenvalue weighted by Crippen LogP contribution is 2.39. The number of hydrogen-bond acceptors (Lipinski definition) is 7. The Morgan fingerprint density at radius 3 is 2.54 bits per heavy atom. The zero-order valence-corrected chi connectivity index (χ0v) is 13.8. The summed E-state index contributed by atoms with van der Waals surface area (Å²) in [5, 5.41) is 0. The van der Waals surface area contributed by atoms with Crippen molar-refractivity contribution < 1.29 is 28.6 Å². The van der Waals surface area contributed by atoms with Gasteiger partial charge in [-0.3, -0.25) is 14.5 Å².